The molecule has 0 N–H and O–H groups in total. The molecule has 0 fully saturated rings. The smallest absolute Gasteiger partial charge is 0.120 e. The standard InChI is InChI=1S/C11H14O/c1-9-5-7-10(8-6-9)12-11(2,3)4/h1,5-8H,2-4H3. The minimum absolute atomic E-state index is 0.143. The van der Waals surface area contributed by atoms with E-state index < -0.39 is 0 Å². The second-order valence-corrected chi connectivity index (χ2v) is 3.78. The van der Waals surface area contributed by atoms with Crippen LogP contribution in [0.15, 0.2) is 24.3 Å². The quantitative estimate of drug-likeness (QED) is 0.617. The van der Waals surface area contributed by atoms with Crippen LogP contribution in [0, 0.1) is 6.92 Å². The minimum atomic E-state index is -0.143. The van der Waals surface area contributed by atoms with Crippen LogP contribution < -0.4 is 4.74 Å². The van der Waals surface area contributed by atoms with Crippen LogP contribution in [0.25, 0.3) is 0 Å². The Balaban J connectivity index is 2.71. The fourth-order valence-corrected chi connectivity index (χ4v) is 0.889. The fraction of sp³-hybridized carbons (Fsp3) is 0.364. The van der Waals surface area contributed by atoms with Crippen LogP contribution in [0.4, 0.5) is 0 Å². The van der Waals surface area contributed by atoms with Gasteiger partial charge in [-0.2, -0.15) is 0 Å². The summed E-state index contributed by atoms with van der Waals surface area (Å²) >= 11 is 0. The highest BCUT2D eigenvalue weighted by molar-refractivity contribution is 5.28. The van der Waals surface area contributed by atoms with Crippen molar-refractivity contribution in [3.63, 3.8) is 0 Å². The molecule has 0 aromatic heterocycles. The normalized spacial score (nSPS) is 11.3. The third-order valence-corrected chi connectivity index (χ3v) is 1.30. The van der Waals surface area contributed by atoms with Gasteiger partial charge in [0.15, 0.2) is 0 Å². The Bertz CT molecular complexity index is 241. The van der Waals surface area contributed by atoms with Crippen molar-refractivity contribution in [2.24, 2.45) is 0 Å². The summed E-state index contributed by atoms with van der Waals surface area (Å²) in [6.07, 6.45) is 0. The third kappa shape index (κ3) is 2.95. The SMILES string of the molecule is [CH]c1ccc(OC(C)(C)C)cc1. The van der Waals surface area contributed by atoms with Gasteiger partial charge in [-0.15, -0.1) is 0 Å². The Morgan fingerprint density at radius 3 is 2.00 bits per heavy atom. The summed E-state index contributed by atoms with van der Waals surface area (Å²) in [5, 5.41) is 0. The second-order valence-electron chi connectivity index (χ2n) is 3.78. The van der Waals surface area contributed by atoms with Crippen LogP contribution >= 0.6 is 0 Å². The predicted octanol–water partition coefficient (Wildman–Crippen LogP) is 2.92. The van der Waals surface area contributed by atoms with Crippen LogP contribution in [-0.2, 0) is 0 Å². The van der Waals surface area contributed by atoms with Crippen molar-refractivity contribution in [1.82, 2.24) is 0 Å². The molecule has 0 saturated heterocycles. The lowest BCUT2D eigenvalue weighted by Gasteiger charge is -2.21. The van der Waals surface area contributed by atoms with Crippen LogP contribution in [-0.4, -0.2) is 5.60 Å². The Kier molecular flexibility index (Phi) is 2.41. The molecule has 12 heavy (non-hydrogen) atoms. The molecule has 1 rings (SSSR count). The van der Waals surface area contributed by atoms with E-state index in [0.29, 0.717) is 0 Å². The van der Waals surface area contributed by atoms with E-state index in [2.05, 4.69) is 0 Å². The van der Waals surface area contributed by atoms with Gasteiger partial charge in [0.1, 0.15) is 11.4 Å². The van der Waals surface area contributed by atoms with E-state index in [1.54, 1.807) is 0 Å². The first-order valence-corrected chi connectivity index (χ1v) is 4.02. The van der Waals surface area contributed by atoms with Gasteiger partial charge >= 0.3 is 0 Å². The Morgan fingerprint density at radius 1 is 1.08 bits per heavy atom. The Labute approximate surface area is 74.4 Å². The fourth-order valence-electron chi connectivity index (χ4n) is 0.889. The maximum absolute atomic E-state index is 5.60. The largest absolute Gasteiger partial charge is 0.488 e. The van der Waals surface area contributed by atoms with E-state index in [-0.39, 0.29) is 5.60 Å². The predicted molar refractivity (Wildman–Crippen MR) is 50.2 cm³/mol. The van der Waals surface area contributed by atoms with E-state index in [0.717, 1.165) is 11.3 Å². The first-order chi connectivity index (χ1) is 5.47. The molecular weight excluding hydrogens is 148 g/mol. The third-order valence-electron chi connectivity index (χ3n) is 1.30. The molecule has 0 aliphatic carbocycles. The molecule has 1 aromatic carbocycles. The number of hydrogen-bond acceptors (Lipinski definition) is 1. The van der Waals surface area contributed by atoms with Crippen molar-refractivity contribution >= 4 is 0 Å². The van der Waals surface area contributed by atoms with E-state index in [4.69, 9.17) is 11.7 Å². The van der Waals surface area contributed by atoms with Crippen LogP contribution in [0.1, 0.15) is 26.3 Å². The zero-order chi connectivity index (χ0) is 9.19. The summed E-state index contributed by atoms with van der Waals surface area (Å²) < 4.78 is 5.60. The molecule has 0 amide bonds. The molecule has 1 heteroatoms. The van der Waals surface area contributed by atoms with Crippen LogP contribution in [0.5, 0.6) is 5.75 Å². The molecule has 64 valence electrons. The number of ether oxygens (including phenoxy) is 1. The summed E-state index contributed by atoms with van der Waals surface area (Å²) in [6.45, 7) is 11.6. The molecule has 0 atom stereocenters. The highest BCUT2D eigenvalue weighted by Gasteiger charge is 2.10. The van der Waals surface area contributed by atoms with E-state index in [1.165, 1.54) is 0 Å². The summed E-state index contributed by atoms with van der Waals surface area (Å²) in [7, 11) is 0. The van der Waals surface area contributed by atoms with Crippen molar-refractivity contribution in [3.8, 4) is 5.75 Å². The van der Waals surface area contributed by atoms with Crippen LogP contribution in [0.3, 0.4) is 0 Å². The number of hydrogen-bond donors (Lipinski definition) is 0. The van der Waals surface area contributed by atoms with E-state index in [1.807, 2.05) is 45.0 Å². The zero-order valence-corrected chi connectivity index (χ0v) is 7.79. The summed E-state index contributed by atoms with van der Waals surface area (Å²) in [5.41, 5.74) is 0.618. The second kappa shape index (κ2) is 3.18. The van der Waals surface area contributed by atoms with Gasteiger partial charge in [0.25, 0.3) is 0 Å². The summed E-state index contributed by atoms with van der Waals surface area (Å²) in [6, 6.07) is 7.42. The number of rotatable bonds is 1. The van der Waals surface area contributed by atoms with Crippen molar-refractivity contribution in [1.29, 1.82) is 0 Å². The minimum Gasteiger partial charge on any atom is -0.488 e. The van der Waals surface area contributed by atoms with Gasteiger partial charge in [-0.1, -0.05) is 12.1 Å². The lowest BCUT2D eigenvalue weighted by atomic mass is 10.2. The molecule has 0 saturated carbocycles. The molecular formula is C11H14O. The van der Waals surface area contributed by atoms with Gasteiger partial charge in [-0.05, 0) is 45.4 Å². The molecule has 0 bridgehead atoms. The van der Waals surface area contributed by atoms with Crippen molar-refractivity contribution in [3.05, 3.63) is 36.8 Å². The van der Waals surface area contributed by atoms with E-state index in [9.17, 15) is 0 Å². The van der Waals surface area contributed by atoms with Crippen molar-refractivity contribution in [2.45, 2.75) is 26.4 Å². The topological polar surface area (TPSA) is 9.23 Å². The first kappa shape index (κ1) is 9.11. The Hall–Kier alpha value is -0.980. The van der Waals surface area contributed by atoms with Gasteiger partial charge in [0.2, 0.25) is 0 Å². The average molecular weight is 162 g/mol. The highest BCUT2D eigenvalue weighted by atomic mass is 16.5. The monoisotopic (exact) mass is 162 g/mol. The lowest BCUT2D eigenvalue weighted by molar-refractivity contribution is 0.131. The van der Waals surface area contributed by atoms with Crippen molar-refractivity contribution < 1.29 is 4.74 Å². The van der Waals surface area contributed by atoms with Gasteiger partial charge in [0, 0.05) is 0 Å². The van der Waals surface area contributed by atoms with Gasteiger partial charge in [0.05, 0.1) is 0 Å². The molecule has 0 unspecified atom stereocenters. The van der Waals surface area contributed by atoms with Crippen LogP contribution in [0.2, 0.25) is 0 Å². The summed E-state index contributed by atoms with van der Waals surface area (Å²) in [4.78, 5) is 0. The molecule has 0 aliphatic heterocycles. The molecule has 0 aliphatic rings. The number of benzene rings is 1. The van der Waals surface area contributed by atoms with E-state index >= 15 is 0 Å². The average Bonchev–Trinajstić information content (AvgIpc) is 1.91. The maximum Gasteiger partial charge on any atom is 0.120 e. The van der Waals surface area contributed by atoms with Gasteiger partial charge in [-0.3, -0.25) is 0 Å². The molecule has 0 spiro atoms. The van der Waals surface area contributed by atoms with Gasteiger partial charge in [-0.25, -0.2) is 0 Å². The lowest BCUT2D eigenvalue weighted by Crippen LogP contribution is -2.22. The molecule has 0 heterocycles. The first-order valence-electron chi connectivity index (χ1n) is 4.02. The Morgan fingerprint density at radius 2 is 1.58 bits per heavy atom. The summed E-state index contributed by atoms with van der Waals surface area (Å²) in [5.74, 6) is 0.858. The van der Waals surface area contributed by atoms with Gasteiger partial charge < -0.3 is 4.74 Å². The molecule has 1 aromatic rings. The highest BCUT2D eigenvalue weighted by Crippen LogP contribution is 2.17. The molecule has 2 radical (unpaired) electrons. The van der Waals surface area contributed by atoms with Crippen molar-refractivity contribution in [2.75, 3.05) is 0 Å². The zero-order valence-electron chi connectivity index (χ0n) is 7.79. The molecule has 1 nitrogen and oxygen atoms in total. The maximum atomic E-state index is 5.60.